The van der Waals surface area contributed by atoms with Crippen LogP contribution in [0, 0.1) is 5.82 Å². The minimum atomic E-state index is -0.866. The number of ether oxygens (including phenoxy) is 2. The first-order valence-corrected chi connectivity index (χ1v) is 7.39. The monoisotopic (exact) mass is 297 g/mol. The van der Waals surface area contributed by atoms with Gasteiger partial charge < -0.3 is 14.6 Å². The van der Waals surface area contributed by atoms with Gasteiger partial charge in [-0.25, -0.2) is 4.39 Å². The van der Waals surface area contributed by atoms with E-state index in [-0.39, 0.29) is 17.8 Å². The molecule has 1 unspecified atom stereocenters. The van der Waals surface area contributed by atoms with Crippen molar-refractivity contribution in [2.75, 3.05) is 26.7 Å². The molecule has 1 aromatic rings. The van der Waals surface area contributed by atoms with E-state index in [1.165, 1.54) is 13.2 Å². The van der Waals surface area contributed by atoms with Crippen LogP contribution >= 0.6 is 0 Å². The molecule has 0 bridgehead atoms. The van der Waals surface area contributed by atoms with Crippen molar-refractivity contribution in [2.24, 2.45) is 0 Å². The van der Waals surface area contributed by atoms with Crippen molar-refractivity contribution in [3.63, 3.8) is 0 Å². The van der Waals surface area contributed by atoms with Gasteiger partial charge in [-0.15, -0.1) is 0 Å². The molecule has 1 aliphatic rings. The smallest absolute Gasteiger partial charge is 0.132 e. The molecule has 1 fully saturated rings. The fourth-order valence-electron chi connectivity index (χ4n) is 2.93. The summed E-state index contributed by atoms with van der Waals surface area (Å²) in [5.74, 6) is -0.0308. The molecule has 0 saturated carbocycles. The van der Waals surface area contributed by atoms with E-state index in [4.69, 9.17) is 9.47 Å². The Bertz CT molecular complexity index is 459. The normalized spacial score (nSPS) is 24.8. The summed E-state index contributed by atoms with van der Waals surface area (Å²) in [6.07, 6.45) is -0.0195. The molecule has 0 aromatic heterocycles. The van der Waals surface area contributed by atoms with Crippen LogP contribution in [0.3, 0.4) is 0 Å². The predicted octanol–water partition coefficient (Wildman–Crippen LogP) is 2.37. The largest absolute Gasteiger partial charge is 0.496 e. The molecule has 21 heavy (non-hydrogen) atoms. The third-order valence-electron chi connectivity index (χ3n) is 3.78. The minimum Gasteiger partial charge on any atom is -0.496 e. The molecule has 4 nitrogen and oxygen atoms in total. The highest BCUT2D eigenvalue weighted by atomic mass is 19.1. The Hall–Kier alpha value is -1.17. The molecule has 1 saturated heterocycles. The standard InChI is InChI=1S/C16H24FNO3/c1-11-9-18(10-12(2)21-11)8-7-14(19)16-13(17)5-4-6-15(16)20-3/h4-6,11-12,14,19H,7-10H2,1-3H3/t11-,12+,14?. The quantitative estimate of drug-likeness (QED) is 0.906. The van der Waals surface area contributed by atoms with E-state index in [0.717, 1.165) is 13.1 Å². The molecular weight excluding hydrogens is 273 g/mol. The van der Waals surface area contributed by atoms with Crippen LogP contribution < -0.4 is 4.74 Å². The Morgan fingerprint density at radius 2 is 2.05 bits per heavy atom. The van der Waals surface area contributed by atoms with Crippen LogP contribution in [0.5, 0.6) is 5.75 Å². The van der Waals surface area contributed by atoms with Crippen LogP contribution in [0.15, 0.2) is 18.2 Å². The van der Waals surface area contributed by atoms with Gasteiger partial charge in [-0.05, 0) is 32.4 Å². The van der Waals surface area contributed by atoms with Gasteiger partial charge >= 0.3 is 0 Å². The SMILES string of the molecule is COc1cccc(F)c1C(O)CCN1C[C@@H](C)O[C@@H](C)C1. The molecule has 0 amide bonds. The second-order valence-corrected chi connectivity index (χ2v) is 5.68. The molecule has 0 radical (unpaired) electrons. The number of rotatable bonds is 5. The van der Waals surface area contributed by atoms with Crippen LogP contribution in [-0.4, -0.2) is 49.0 Å². The van der Waals surface area contributed by atoms with E-state index in [2.05, 4.69) is 4.90 Å². The molecule has 3 atom stereocenters. The maximum atomic E-state index is 13.9. The Kier molecular flexibility index (Phi) is 5.56. The number of aliphatic hydroxyl groups excluding tert-OH is 1. The number of nitrogens with zero attached hydrogens (tertiary/aromatic N) is 1. The van der Waals surface area contributed by atoms with Crippen molar-refractivity contribution in [1.82, 2.24) is 4.90 Å². The second kappa shape index (κ2) is 7.20. The molecule has 0 spiro atoms. The number of hydrogen-bond donors (Lipinski definition) is 1. The number of morpholine rings is 1. The number of benzene rings is 1. The summed E-state index contributed by atoms with van der Waals surface area (Å²) in [5.41, 5.74) is 0.245. The van der Waals surface area contributed by atoms with E-state index < -0.39 is 11.9 Å². The van der Waals surface area contributed by atoms with Gasteiger partial charge in [0.05, 0.1) is 31.0 Å². The molecule has 5 heteroatoms. The number of halogens is 1. The predicted molar refractivity (Wildman–Crippen MR) is 79.0 cm³/mol. The van der Waals surface area contributed by atoms with Crippen molar-refractivity contribution in [3.8, 4) is 5.75 Å². The van der Waals surface area contributed by atoms with Gasteiger partial charge in [-0.1, -0.05) is 6.07 Å². The lowest BCUT2D eigenvalue weighted by molar-refractivity contribution is -0.0703. The molecule has 1 aromatic carbocycles. The average Bonchev–Trinajstić information content (AvgIpc) is 2.43. The van der Waals surface area contributed by atoms with Crippen LogP contribution in [-0.2, 0) is 4.74 Å². The van der Waals surface area contributed by atoms with Crippen molar-refractivity contribution < 1.29 is 19.0 Å². The Morgan fingerprint density at radius 3 is 2.67 bits per heavy atom. The van der Waals surface area contributed by atoms with Gasteiger partial charge in [-0.2, -0.15) is 0 Å². The third kappa shape index (κ3) is 4.15. The van der Waals surface area contributed by atoms with E-state index in [1.807, 2.05) is 13.8 Å². The van der Waals surface area contributed by atoms with Crippen molar-refractivity contribution >= 4 is 0 Å². The van der Waals surface area contributed by atoms with Crippen molar-refractivity contribution in [3.05, 3.63) is 29.6 Å². The minimum absolute atomic E-state index is 0.189. The lowest BCUT2D eigenvalue weighted by Crippen LogP contribution is -2.45. The topological polar surface area (TPSA) is 41.9 Å². The summed E-state index contributed by atoms with van der Waals surface area (Å²) in [6, 6.07) is 4.59. The highest BCUT2D eigenvalue weighted by Crippen LogP contribution is 2.30. The lowest BCUT2D eigenvalue weighted by Gasteiger charge is -2.35. The fraction of sp³-hybridized carbons (Fsp3) is 0.625. The van der Waals surface area contributed by atoms with Crippen LogP contribution in [0.2, 0.25) is 0 Å². The highest BCUT2D eigenvalue weighted by molar-refractivity contribution is 5.36. The first-order chi connectivity index (χ1) is 10.0. The fourth-order valence-corrected chi connectivity index (χ4v) is 2.93. The zero-order chi connectivity index (χ0) is 15.4. The summed E-state index contributed by atoms with van der Waals surface area (Å²) in [6.45, 7) is 6.46. The Labute approximate surface area is 125 Å². The molecule has 2 rings (SSSR count). The van der Waals surface area contributed by atoms with E-state index >= 15 is 0 Å². The number of methoxy groups -OCH3 is 1. The molecule has 1 aliphatic heterocycles. The zero-order valence-corrected chi connectivity index (χ0v) is 12.9. The molecular formula is C16H24FNO3. The Morgan fingerprint density at radius 1 is 1.38 bits per heavy atom. The van der Waals surface area contributed by atoms with Gasteiger partial charge in [0.1, 0.15) is 11.6 Å². The highest BCUT2D eigenvalue weighted by Gasteiger charge is 2.24. The summed E-state index contributed by atoms with van der Waals surface area (Å²) in [4.78, 5) is 2.25. The maximum absolute atomic E-state index is 13.9. The molecule has 118 valence electrons. The Balaban J connectivity index is 1.97. The third-order valence-corrected chi connectivity index (χ3v) is 3.78. The summed E-state index contributed by atoms with van der Waals surface area (Å²) < 4.78 is 24.7. The summed E-state index contributed by atoms with van der Waals surface area (Å²) in [7, 11) is 1.48. The van der Waals surface area contributed by atoms with E-state index in [0.29, 0.717) is 18.7 Å². The van der Waals surface area contributed by atoms with Crippen molar-refractivity contribution in [1.29, 1.82) is 0 Å². The van der Waals surface area contributed by atoms with Gasteiger partial charge in [0, 0.05) is 19.6 Å². The first-order valence-electron chi connectivity index (χ1n) is 7.39. The molecule has 1 N–H and O–H groups in total. The summed E-state index contributed by atoms with van der Waals surface area (Å²) >= 11 is 0. The number of aliphatic hydroxyl groups is 1. The van der Waals surface area contributed by atoms with Gasteiger partial charge in [0.2, 0.25) is 0 Å². The maximum Gasteiger partial charge on any atom is 0.132 e. The summed E-state index contributed by atoms with van der Waals surface area (Å²) in [5, 5.41) is 10.3. The van der Waals surface area contributed by atoms with Gasteiger partial charge in [0.15, 0.2) is 0 Å². The number of hydrogen-bond acceptors (Lipinski definition) is 4. The zero-order valence-electron chi connectivity index (χ0n) is 12.9. The van der Waals surface area contributed by atoms with Gasteiger partial charge in [0.25, 0.3) is 0 Å². The van der Waals surface area contributed by atoms with Crippen LogP contribution in [0.1, 0.15) is 31.9 Å². The van der Waals surface area contributed by atoms with Crippen LogP contribution in [0.25, 0.3) is 0 Å². The average molecular weight is 297 g/mol. The molecule has 1 heterocycles. The first kappa shape index (κ1) is 16.2. The second-order valence-electron chi connectivity index (χ2n) is 5.68. The van der Waals surface area contributed by atoms with Crippen LogP contribution in [0.4, 0.5) is 4.39 Å². The van der Waals surface area contributed by atoms with Crippen molar-refractivity contribution in [2.45, 2.75) is 38.6 Å². The molecule has 0 aliphatic carbocycles. The van der Waals surface area contributed by atoms with E-state index in [9.17, 15) is 9.50 Å². The lowest BCUT2D eigenvalue weighted by atomic mass is 10.0. The van der Waals surface area contributed by atoms with Gasteiger partial charge in [-0.3, -0.25) is 4.90 Å². The van der Waals surface area contributed by atoms with E-state index in [1.54, 1.807) is 12.1 Å².